The Morgan fingerprint density at radius 3 is 2.63 bits per heavy atom. The Labute approximate surface area is 158 Å². The van der Waals surface area contributed by atoms with Crippen LogP contribution in [0.5, 0.6) is 0 Å². The topological polar surface area (TPSA) is 87.2 Å². The number of hydrogen-bond donors (Lipinski definition) is 1. The summed E-state index contributed by atoms with van der Waals surface area (Å²) in [5, 5.41) is 9.04. The van der Waals surface area contributed by atoms with Gasteiger partial charge >= 0.3 is 5.97 Å². The molecule has 0 saturated carbocycles. The van der Waals surface area contributed by atoms with Crippen molar-refractivity contribution >= 4 is 17.8 Å². The van der Waals surface area contributed by atoms with E-state index < -0.39 is 5.97 Å². The summed E-state index contributed by atoms with van der Waals surface area (Å²) in [5.41, 5.74) is 2.26. The SMILES string of the molecule is CN(CC(=O)N1CCC(C(=O)O)CC1)C(=O)CC1OCCc2ccccc21. The molecular formula is C20H26N2O5. The zero-order valence-electron chi connectivity index (χ0n) is 15.6. The van der Waals surface area contributed by atoms with E-state index in [4.69, 9.17) is 9.84 Å². The molecule has 1 N–H and O–H groups in total. The molecule has 27 heavy (non-hydrogen) atoms. The van der Waals surface area contributed by atoms with Crippen LogP contribution in [0.2, 0.25) is 0 Å². The fourth-order valence-electron chi connectivity index (χ4n) is 3.73. The van der Waals surface area contributed by atoms with Gasteiger partial charge in [-0.25, -0.2) is 0 Å². The van der Waals surface area contributed by atoms with Gasteiger partial charge in [-0.1, -0.05) is 24.3 Å². The predicted molar refractivity (Wildman–Crippen MR) is 98.0 cm³/mol. The van der Waals surface area contributed by atoms with Crippen molar-refractivity contribution < 1.29 is 24.2 Å². The molecule has 2 amide bonds. The van der Waals surface area contributed by atoms with Crippen molar-refractivity contribution in [1.29, 1.82) is 0 Å². The number of likely N-dealkylation sites (N-methyl/N-ethyl adjacent to an activating group) is 1. The molecule has 1 aromatic carbocycles. The van der Waals surface area contributed by atoms with Crippen molar-refractivity contribution in [2.24, 2.45) is 5.92 Å². The summed E-state index contributed by atoms with van der Waals surface area (Å²) in [6.07, 6.45) is 1.71. The minimum absolute atomic E-state index is 0.00490. The van der Waals surface area contributed by atoms with Crippen LogP contribution >= 0.6 is 0 Å². The second kappa shape index (κ2) is 8.52. The van der Waals surface area contributed by atoms with E-state index in [0.717, 1.165) is 12.0 Å². The highest BCUT2D eigenvalue weighted by atomic mass is 16.5. The Hall–Kier alpha value is -2.41. The van der Waals surface area contributed by atoms with E-state index in [0.29, 0.717) is 32.5 Å². The van der Waals surface area contributed by atoms with Crippen LogP contribution in [-0.2, 0) is 25.5 Å². The molecule has 7 nitrogen and oxygen atoms in total. The number of ether oxygens (including phenoxy) is 1. The molecule has 1 unspecified atom stereocenters. The summed E-state index contributed by atoms with van der Waals surface area (Å²) >= 11 is 0. The molecule has 2 aliphatic heterocycles. The minimum atomic E-state index is -0.804. The molecule has 3 rings (SSSR count). The van der Waals surface area contributed by atoms with Crippen LogP contribution in [-0.4, -0.2) is 66.0 Å². The number of aliphatic carboxylic acids is 1. The lowest BCUT2D eigenvalue weighted by atomic mass is 9.95. The molecule has 0 spiro atoms. The van der Waals surface area contributed by atoms with Gasteiger partial charge in [-0.3, -0.25) is 14.4 Å². The third-order valence-electron chi connectivity index (χ3n) is 5.45. The number of amides is 2. The number of nitrogens with zero attached hydrogens (tertiary/aromatic N) is 2. The predicted octanol–water partition coefficient (Wildman–Crippen LogP) is 1.47. The second-order valence-electron chi connectivity index (χ2n) is 7.26. The fraction of sp³-hybridized carbons (Fsp3) is 0.550. The van der Waals surface area contributed by atoms with Crippen LogP contribution in [0.3, 0.4) is 0 Å². The van der Waals surface area contributed by atoms with E-state index in [2.05, 4.69) is 6.07 Å². The van der Waals surface area contributed by atoms with Crippen molar-refractivity contribution in [2.75, 3.05) is 33.3 Å². The average molecular weight is 374 g/mol. The Morgan fingerprint density at radius 2 is 1.93 bits per heavy atom. The number of piperidine rings is 1. The van der Waals surface area contributed by atoms with E-state index in [1.807, 2.05) is 18.2 Å². The standard InChI is InChI=1S/C20H26N2O5/c1-21(13-19(24)22-9-6-15(7-10-22)20(25)26)18(23)12-17-16-5-3-2-4-14(16)8-11-27-17/h2-5,15,17H,6-13H2,1H3,(H,25,26). The average Bonchev–Trinajstić information content (AvgIpc) is 2.68. The van der Waals surface area contributed by atoms with Crippen LogP contribution in [0.4, 0.5) is 0 Å². The van der Waals surface area contributed by atoms with Crippen molar-refractivity contribution in [3.63, 3.8) is 0 Å². The van der Waals surface area contributed by atoms with E-state index in [9.17, 15) is 14.4 Å². The number of fused-ring (bicyclic) bond motifs is 1. The molecule has 1 saturated heterocycles. The van der Waals surface area contributed by atoms with E-state index >= 15 is 0 Å². The zero-order chi connectivity index (χ0) is 19.4. The summed E-state index contributed by atoms with van der Waals surface area (Å²) in [6, 6.07) is 7.98. The maximum Gasteiger partial charge on any atom is 0.306 e. The summed E-state index contributed by atoms with van der Waals surface area (Å²) in [7, 11) is 1.62. The first-order valence-corrected chi connectivity index (χ1v) is 9.39. The third kappa shape index (κ3) is 4.66. The largest absolute Gasteiger partial charge is 0.481 e. The van der Waals surface area contributed by atoms with E-state index in [1.54, 1.807) is 11.9 Å². The number of carbonyl (C=O) groups excluding carboxylic acids is 2. The molecule has 0 bridgehead atoms. The number of benzene rings is 1. The highest BCUT2D eigenvalue weighted by Crippen LogP contribution is 2.29. The fourth-order valence-corrected chi connectivity index (χ4v) is 3.73. The Morgan fingerprint density at radius 1 is 1.22 bits per heavy atom. The van der Waals surface area contributed by atoms with Gasteiger partial charge in [0.2, 0.25) is 11.8 Å². The molecule has 1 aromatic rings. The lowest BCUT2D eigenvalue weighted by Crippen LogP contribution is -2.45. The molecule has 1 atom stereocenters. The van der Waals surface area contributed by atoms with Crippen LogP contribution in [0.25, 0.3) is 0 Å². The molecule has 2 heterocycles. The quantitative estimate of drug-likeness (QED) is 0.843. The Bertz CT molecular complexity index is 712. The maximum atomic E-state index is 12.6. The van der Waals surface area contributed by atoms with Gasteiger partial charge in [0.15, 0.2) is 0 Å². The number of carboxylic acids is 1. The van der Waals surface area contributed by atoms with Crippen molar-refractivity contribution in [2.45, 2.75) is 31.8 Å². The van der Waals surface area contributed by atoms with Gasteiger partial charge in [0.05, 0.1) is 31.6 Å². The highest BCUT2D eigenvalue weighted by molar-refractivity contribution is 5.85. The number of carboxylic acid groups (broad SMARTS) is 1. The van der Waals surface area contributed by atoms with Gasteiger partial charge in [0.25, 0.3) is 0 Å². The number of rotatable bonds is 5. The van der Waals surface area contributed by atoms with Crippen molar-refractivity contribution in [3.8, 4) is 0 Å². The molecule has 2 aliphatic rings. The first kappa shape index (κ1) is 19.4. The van der Waals surface area contributed by atoms with E-state index in [-0.39, 0.29) is 36.8 Å². The monoisotopic (exact) mass is 374 g/mol. The van der Waals surface area contributed by atoms with Crippen LogP contribution in [0, 0.1) is 5.92 Å². The maximum absolute atomic E-state index is 12.6. The zero-order valence-corrected chi connectivity index (χ0v) is 15.6. The molecule has 0 aliphatic carbocycles. The first-order valence-electron chi connectivity index (χ1n) is 9.39. The van der Waals surface area contributed by atoms with Gasteiger partial charge in [0, 0.05) is 20.1 Å². The van der Waals surface area contributed by atoms with E-state index in [1.165, 1.54) is 10.5 Å². The van der Waals surface area contributed by atoms with Gasteiger partial charge in [-0.05, 0) is 30.4 Å². The van der Waals surface area contributed by atoms with Crippen molar-refractivity contribution in [1.82, 2.24) is 9.80 Å². The summed E-state index contributed by atoms with van der Waals surface area (Å²) in [6.45, 7) is 1.45. The van der Waals surface area contributed by atoms with Gasteiger partial charge in [0.1, 0.15) is 0 Å². The third-order valence-corrected chi connectivity index (χ3v) is 5.45. The number of carbonyl (C=O) groups is 3. The van der Waals surface area contributed by atoms with Gasteiger partial charge in [-0.15, -0.1) is 0 Å². The summed E-state index contributed by atoms with van der Waals surface area (Å²) < 4.78 is 5.78. The Balaban J connectivity index is 1.51. The molecule has 146 valence electrons. The molecule has 7 heteroatoms. The second-order valence-corrected chi connectivity index (χ2v) is 7.26. The number of likely N-dealkylation sites (tertiary alicyclic amines) is 1. The minimum Gasteiger partial charge on any atom is -0.481 e. The van der Waals surface area contributed by atoms with Crippen LogP contribution < -0.4 is 0 Å². The Kier molecular flexibility index (Phi) is 6.11. The summed E-state index contributed by atoms with van der Waals surface area (Å²) in [5.74, 6) is -1.45. The molecule has 1 fully saturated rings. The van der Waals surface area contributed by atoms with Crippen LogP contribution in [0.15, 0.2) is 24.3 Å². The molecule has 0 aromatic heterocycles. The highest BCUT2D eigenvalue weighted by Gasteiger charge is 2.29. The summed E-state index contributed by atoms with van der Waals surface area (Å²) in [4.78, 5) is 39.1. The van der Waals surface area contributed by atoms with Gasteiger partial charge in [-0.2, -0.15) is 0 Å². The molecule has 0 radical (unpaired) electrons. The number of hydrogen-bond acceptors (Lipinski definition) is 4. The van der Waals surface area contributed by atoms with Gasteiger partial charge < -0.3 is 19.6 Å². The lowest BCUT2D eigenvalue weighted by Gasteiger charge is -2.32. The smallest absolute Gasteiger partial charge is 0.306 e. The van der Waals surface area contributed by atoms with Crippen molar-refractivity contribution in [3.05, 3.63) is 35.4 Å². The van der Waals surface area contributed by atoms with Crippen LogP contribution in [0.1, 0.15) is 36.5 Å². The molecular weight excluding hydrogens is 348 g/mol. The lowest BCUT2D eigenvalue weighted by molar-refractivity contribution is -0.146. The normalized spacial score (nSPS) is 20.0. The first-order chi connectivity index (χ1) is 13.0.